The molecule has 3 aromatic rings. The molecule has 2 aromatic heterocycles. The highest BCUT2D eigenvalue weighted by atomic mass is 127. The van der Waals surface area contributed by atoms with Crippen molar-refractivity contribution >= 4 is 22.6 Å². The Kier molecular flexibility index (Phi) is 3.75. The molecule has 0 unspecified atom stereocenters. The quantitative estimate of drug-likeness (QED) is 0.636. The minimum atomic E-state index is -0.292. The van der Waals surface area contributed by atoms with Crippen LogP contribution in [0.4, 0.5) is 4.39 Å². The lowest BCUT2D eigenvalue weighted by atomic mass is 10.2. The molecule has 0 aliphatic heterocycles. The fourth-order valence-corrected chi connectivity index (χ4v) is 2.38. The Morgan fingerprint density at radius 3 is 2.57 bits per heavy atom. The molecule has 2 heterocycles. The molecule has 7 heteroatoms. The van der Waals surface area contributed by atoms with E-state index in [1.54, 1.807) is 12.1 Å². The van der Waals surface area contributed by atoms with Crippen molar-refractivity contribution in [2.45, 2.75) is 20.4 Å². The van der Waals surface area contributed by atoms with Crippen molar-refractivity contribution in [3.8, 4) is 11.4 Å². The van der Waals surface area contributed by atoms with E-state index in [-0.39, 0.29) is 5.82 Å². The lowest BCUT2D eigenvalue weighted by molar-refractivity contribution is 0.364. The summed E-state index contributed by atoms with van der Waals surface area (Å²) < 4.78 is 21.1. The first kappa shape index (κ1) is 14.2. The van der Waals surface area contributed by atoms with Gasteiger partial charge in [-0.2, -0.15) is 10.1 Å². The number of aryl methyl sites for hydroxylation is 1. The summed E-state index contributed by atoms with van der Waals surface area (Å²) in [6, 6.07) is 5.98. The van der Waals surface area contributed by atoms with Crippen molar-refractivity contribution in [1.82, 2.24) is 19.9 Å². The Balaban J connectivity index is 1.85. The second-order valence-corrected chi connectivity index (χ2v) is 5.74. The molecule has 5 nitrogen and oxygen atoms in total. The predicted molar refractivity (Wildman–Crippen MR) is 83.2 cm³/mol. The molecule has 3 rings (SSSR count). The zero-order valence-corrected chi connectivity index (χ0v) is 13.6. The van der Waals surface area contributed by atoms with Gasteiger partial charge in [-0.15, -0.1) is 0 Å². The molecule has 0 N–H and O–H groups in total. The molecule has 0 fully saturated rings. The summed E-state index contributed by atoms with van der Waals surface area (Å²) in [5.41, 5.74) is 2.76. The van der Waals surface area contributed by atoms with Gasteiger partial charge in [0.05, 0.1) is 9.26 Å². The third kappa shape index (κ3) is 2.82. The SMILES string of the molecule is Cc1nn(Cc2nc(-c3ccc(F)cc3)no2)c(C)c1I. The van der Waals surface area contributed by atoms with E-state index in [0.717, 1.165) is 15.0 Å². The van der Waals surface area contributed by atoms with Gasteiger partial charge in [0, 0.05) is 11.3 Å². The number of aromatic nitrogens is 4. The van der Waals surface area contributed by atoms with Crippen LogP contribution in [0, 0.1) is 23.2 Å². The summed E-state index contributed by atoms with van der Waals surface area (Å²) in [6.45, 7) is 4.38. The molecule has 21 heavy (non-hydrogen) atoms. The highest BCUT2D eigenvalue weighted by molar-refractivity contribution is 14.1. The molecule has 0 atom stereocenters. The van der Waals surface area contributed by atoms with Gasteiger partial charge in [0.25, 0.3) is 0 Å². The van der Waals surface area contributed by atoms with Crippen LogP contribution in [0.1, 0.15) is 17.3 Å². The Bertz CT molecular complexity index is 779. The predicted octanol–water partition coefficient (Wildman–Crippen LogP) is 3.34. The number of hydrogen-bond donors (Lipinski definition) is 0. The Morgan fingerprint density at radius 1 is 1.24 bits per heavy atom. The van der Waals surface area contributed by atoms with Gasteiger partial charge in [0.2, 0.25) is 11.7 Å². The monoisotopic (exact) mass is 398 g/mol. The summed E-state index contributed by atoms with van der Waals surface area (Å²) >= 11 is 2.26. The van der Waals surface area contributed by atoms with Crippen LogP contribution < -0.4 is 0 Å². The van der Waals surface area contributed by atoms with Crippen molar-refractivity contribution in [3.63, 3.8) is 0 Å². The van der Waals surface area contributed by atoms with Gasteiger partial charge < -0.3 is 4.52 Å². The molecule has 0 bridgehead atoms. The van der Waals surface area contributed by atoms with Crippen LogP contribution in [0.2, 0.25) is 0 Å². The maximum atomic E-state index is 12.9. The molecule has 0 aliphatic rings. The highest BCUT2D eigenvalue weighted by Gasteiger charge is 2.13. The molecule has 0 saturated carbocycles. The van der Waals surface area contributed by atoms with Crippen LogP contribution >= 0.6 is 22.6 Å². The molecule has 0 amide bonds. The van der Waals surface area contributed by atoms with Crippen molar-refractivity contribution < 1.29 is 8.91 Å². The van der Waals surface area contributed by atoms with Gasteiger partial charge >= 0.3 is 0 Å². The molecular formula is C14H12FIN4O. The Hall–Kier alpha value is -1.77. The number of benzene rings is 1. The maximum absolute atomic E-state index is 12.9. The van der Waals surface area contributed by atoms with E-state index in [9.17, 15) is 4.39 Å². The standard InChI is InChI=1S/C14H12FIN4O/c1-8-13(16)9(2)20(18-8)7-12-17-14(19-21-12)10-3-5-11(15)6-4-10/h3-6H,7H2,1-2H3. The third-order valence-corrected chi connectivity index (χ3v) is 4.71. The van der Waals surface area contributed by atoms with Crippen LogP contribution in [-0.2, 0) is 6.54 Å². The molecular weight excluding hydrogens is 386 g/mol. The van der Waals surface area contributed by atoms with E-state index in [1.807, 2.05) is 18.5 Å². The fourth-order valence-electron chi connectivity index (χ4n) is 1.99. The van der Waals surface area contributed by atoms with Gasteiger partial charge in [-0.1, -0.05) is 5.16 Å². The summed E-state index contributed by atoms with van der Waals surface area (Å²) in [6.07, 6.45) is 0. The zero-order chi connectivity index (χ0) is 15.0. The van der Waals surface area contributed by atoms with Crippen LogP contribution in [0.15, 0.2) is 28.8 Å². The molecule has 1 aromatic carbocycles. The van der Waals surface area contributed by atoms with Gasteiger partial charge in [-0.25, -0.2) is 4.39 Å². The number of hydrogen-bond acceptors (Lipinski definition) is 4. The van der Waals surface area contributed by atoms with Crippen LogP contribution in [-0.4, -0.2) is 19.9 Å². The van der Waals surface area contributed by atoms with E-state index in [0.29, 0.717) is 23.8 Å². The number of nitrogens with zero attached hydrogens (tertiary/aromatic N) is 4. The van der Waals surface area contributed by atoms with E-state index in [1.165, 1.54) is 12.1 Å². The minimum absolute atomic E-state index is 0.292. The van der Waals surface area contributed by atoms with Gasteiger partial charge in [-0.05, 0) is 60.7 Å². The zero-order valence-electron chi connectivity index (χ0n) is 11.5. The van der Waals surface area contributed by atoms with E-state index in [2.05, 4.69) is 37.8 Å². The molecule has 0 aliphatic carbocycles. The first-order valence-electron chi connectivity index (χ1n) is 6.32. The van der Waals surface area contributed by atoms with Crippen molar-refractivity contribution in [2.24, 2.45) is 0 Å². The average molecular weight is 398 g/mol. The minimum Gasteiger partial charge on any atom is -0.337 e. The van der Waals surface area contributed by atoms with Crippen molar-refractivity contribution in [1.29, 1.82) is 0 Å². The number of rotatable bonds is 3. The topological polar surface area (TPSA) is 56.7 Å². The average Bonchev–Trinajstić information content (AvgIpc) is 3.02. The summed E-state index contributed by atoms with van der Waals surface area (Å²) in [5, 5.41) is 8.35. The van der Waals surface area contributed by atoms with Gasteiger partial charge in [0.1, 0.15) is 12.4 Å². The van der Waals surface area contributed by atoms with E-state index >= 15 is 0 Å². The van der Waals surface area contributed by atoms with Gasteiger partial charge in [-0.3, -0.25) is 4.68 Å². The fraction of sp³-hybridized carbons (Fsp3) is 0.214. The van der Waals surface area contributed by atoms with Gasteiger partial charge in [0.15, 0.2) is 0 Å². The molecule has 0 saturated heterocycles. The van der Waals surface area contributed by atoms with Crippen LogP contribution in [0.25, 0.3) is 11.4 Å². The summed E-state index contributed by atoms with van der Waals surface area (Å²) in [4.78, 5) is 4.32. The summed E-state index contributed by atoms with van der Waals surface area (Å²) in [5.74, 6) is 0.622. The summed E-state index contributed by atoms with van der Waals surface area (Å²) in [7, 11) is 0. The number of halogens is 2. The molecule has 108 valence electrons. The Morgan fingerprint density at radius 2 is 1.95 bits per heavy atom. The first-order valence-corrected chi connectivity index (χ1v) is 7.40. The second-order valence-electron chi connectivity index (χ2n) is 4.66. The lowest BCUT2D eigenvalue weighted by Gasteiger charge is -1.99. The van der Waals surface area contributed by atoms with E-state index < -0.39 is 0 Å². The Labute approximate surface area is 134 Å². The normalized spacial score (nSPS) is 11.0. The van der Waals surface area contributed by atoms with Crippen LogP contribution in [0.5, 0.6) is 0 Å². The van der Waals surface area contributed by atoms with E-state index in [4.69, 9.17) is 4.52 Å². The van der Waals surface area contributed by atoms with Crippen LogP contribution in [0.3, 0.4) is 0 Å². The smallest absolute Gasteiger partial charge is 0.248 e. The third-order valence-electron chi connectivity index (χ3n) is 3.15. The second kappa shape index (κ2) is 5.55. The molecule has 0 spiro atoms. The lowest BCUT2D eigenvalue weighted by Crippen LogP contribution is -2.04. The van der Waals surface area contributed by atoms with Crippen molar-refractivity contribution in [2.75, 3.05) is 0 Å². The first-order chi connectivity index (χ1) is 10.0. The highest BCUT2D eigenvalue weighted by Crippen LogP contribution is 2.19. The molecule has 0 radical (unpaired) electrons. The largest absolute Gasteiger partial charge is 0.337 e. The van der Waals surface area contributed by atoms with Crippen molar-refractivity contribution in [3.05, 3.63) is 50.9 Å². The maximum Gasteiger partial charge on any atom is 0.248 e.